The first-order valence-electron chi connectivity index (χ1n) is 8.71. The first kappa shape index (κ1) is 16.8. The molecule has 0 radical (unpaired) electrons. The third kappa shape index (κ3) is 3.82. The van der Waals surface area contributed by atoms with E-state index in [1.165, 1.54) is 12.1 Å². The van der Waals surface area contributed by atoms with Crippen LogP contribution in [0.15, 0.2) is 78.9 Å². The van der Waals surface area contributed by atoms with Gasteiger partial charge in [0.1, 0.15) is 0 Å². The molecule has 0 spiro atoms. The second kappa shape index (κ2) is 7.33. The Labute approximate surface area is 156 Å². The van der Waals surface area contributed by atoms with E-state index in [0.717, 1.165) is 22.5 Å². The van der Waals surface area contributed by atoms with Crippen LogP contribution in [-0.4, -0.2) is 14.9 Å². The zero-order valence-electron chi connectivity index (χ0n) is 14.6. The maximum Gasteiger partial charge on any atom is 0.271 e. The Morgan fingerprint density at radius 3 is 1.74 bits per heavy atom. The van der Waals surface area contributed by atoms with Crippen LogP contribution in [0.1, 0.15) is 22.5 Å². The lowest BCUT2D eigenvalue weighted by Crippen LogP contribution is -2.05. The molecule has 0 fully saturated rings. The smallest absolute Gasteiger partial charge is 0.258 e. The van der Waals surface area contributed by atoms with Crippen molar-refractivity contribution < 1.29 is 4.92 Å². The summed E-state index contributed by atoms with van der Waals surface area (Å²) in [6, 6.07) is 24.8. The lowest BCUT2D eigenvalue weighted by molar-refractivity contribution is -0.384. The minimum atomic E-state index is -0.407. The Kier molecular flexibility index (Phi) is 4.58. The van der Waals surface area contributed by atoms with Gasteiger partial charge in [-0.25, -0.2) is 9.97 Å². The first-order chi connectivity index (χ1) is 13.2. The highest BCUT2D eigenvalue weighted by atomic mass is 16.6. The van der Waals surface area contributed by atoms with Gasteiger partial charge in [-0.15, -0.1) is 0 Å². The molecule has 0 amide bonds. The minimum absolute atomic E-state index is 0.0262. The van der Waals surface area contributed by atoms with E-state index in [0.29, 0.717) is 23.9 Å². The molecule has 1 aromatic heterocycles. The van der Waals surface area contributed by atoms with Crippen molar-refractivity contribution in [3.05, 3.63) is 111 Å². The molecule has 27 heavy (non-hydrogen) atoms. The third-order valence-electron chi connectivity index (χ3n) is 4.44. The molecule has 3 aromatic carbocycles. The van der Waals surface area contributed by atoms with E-state index in [9.17, 15) is 10.1 Å². The average molecular weight is 355 g/mol. The number of aromatic nitrogens is 2. The largest absolute Gasteiger partial charge is 0.271 e. The van der Waals surface area contributed by atoms with Gasteiger partial charge in [0, 0.05) is 25.0 Å². The molecule has 1 heterocycles. The molecule has 0 atom stereocenters. The van der Waals surface area contributed by atoms with Crippen LogP contribution in [0.3, 0.4) is 0 Å². The minimum Gasteiger partial charge on any atom is -0.258 e. The summed E-state index contributed by atoms with van der Waals surface area (Å²) in [7, 11) is 0. The van der Waals surface area contributed by atoms with Crippen LogP contribution in [0, 0.1) is 10.1 Å². The predicted molar refractivity (Wildman–Crippen MR) is 105 cm³/mol. The number of fused-ring (bicyclic) bond motifs is 1. The molecule has 132 valence electrons. The molecule has 0 unspecified atom stereocenters. The van der Waals surface area contributed by atoms with Gasteiger partial charge in [0.15, 0.2) is 0 Å². The van der Waals surface area contributed by atoms with Crippen molar-refractivity contribution in [2.75, 3.05) is 0 Å². The number of nitro groups is 1. The number of benzene rings is 3. The Bertz CT molecular complexity index is 1100. The summed E-state index contributed by atoms with van der Waals surface area (Å²) in [5.74, 6) is 0. The molecule has 4 aromatic rings. The Balaban J connectivity index is 1.81. The summed E-state index contributed by atoms with van der Waals surface area (Å²) < 4.78 is 0. The number of non-ortho nitro benzene ring substituents is 1. The van der Waals surface area contributed by atoms with Gasteiger partial charge in [0.2, 0.25) is 0 Å². The number of nitrogens with zero attached hydrogens (tertiary/aromatic N) is 3. The fourth-order valence-corrected chi connectivity index (χ4v) is 3.09. The third-order valence-corrected chi connectivity index (χ3v) is 4.44. The van der Waals surface area contributed by atoms with Crippen LogP contribution in [0.2, 0.25) is 0 Å². The topological polar surface area (TPSA) is 68.9 Å². The standard InChI is InChI=1S/C22H17N3O2/c26-25(27)18-11-12-19-22(15-18)24-21(14-17-9-5-2-6-10-17)20(23-19)13-16-7-3-1-4-8-16/h1-12,15H,13-14H2. The molecular formula is C22H17N3O2. The summed E-state index contributed by atoms with van der Waals surface area (Å²) in [5.41, 5.74) is 5.27. The summed E-state index contributed by atoms with van der Waals surface area (Å²) in [6.45, 7) is 0. The van der Waals surface area contributed by atoms with Crippen LogP contribution >= 0.6 is 0 Å². The molecule has 0 saturated carbocycles. The van der Waals surface area contributed by atoms with E-state index in [4.69, 9.17) is 9.97 Å². The van der Waals surface area contributed by atoms with Crippen LogP contribution < -0.4 is 0 Å². The van der Waals surface area contributed by atoms with E-state index in [-0.39, 0.29) is 5.69 Å². The van der Waals surface area contributed by atoms with E-state index < -0.39 is 4.92 Å². The molecule has 4 rings (SSSR count). The molecule has 5 nitrogen and oxygen atoms in total. The Morgan fingerprint density at radius 1 is 0.704 bits per heavy atom. The van der Waals surface area contributed by atoms with Crippen LogP contribution in [0.4, 0.5) is 5.69 Å². The highest BCUT2D eigenvalue weighted by molar-refractivity contribution is 5.77. The van der Waals surface area contributed by atoms with Crippen molar-refractivity contribution in [3.8, 4) is 0 Å². The predicted octanol–water partition coefficient (Wildman–Crippen LogP) is 4.72. The normalized spacial score (nSPS) is 10.8. The van der Waals surface area contributed by atoms with Crippen molar-refractivity contribution in [3.63, 3.8) is 0 Å². The number of nitro benzene ring substituents is 1. The number of hydrogen-bond donors (Lipinski definition) is 0. The lowest BCUT2D eigenvalue weighted by atomic mass is 10.0. The summed E-state index contributed by atoms with van der Waals surface area (Å²) in [6.07, 6.45) is 1.30. The SMILES string of the molecule is O=[N+]([O-])c1ccc2nc(Cc3ccccc3)c(Cc3ccccc3)nc2c1. The fraction of sp³-hybridized carbons (Fsp3) is 0.0909. The van der Waals surface area contributed by atoms with Gasteiger partial charge < -0.3 is 0 Å². The van der Waals surface area contributed by atoms with Crippen molar-refractivity contribution in [1.29, 1.82) is 0 Å². The monoisotopic (exact) mass is 355 g/mol. The average Bonchev–Trinajstić information content (AvgIpc) is 2.69. The molecule has 0 aliphatic carbocycles. The van der Waals surface area contributed by atoms with Crippen LogP contribution in [0.25, 0.3) is 11.0 Å². The van der Waals surface area contributed by atoms with E-state index in [1.807, 2.05) is 48.5 Å². The fourth-order valence-electron chi connectivity index (χ4n) is 3.09. The molecule has 0 aliphatic heterocycles. The Morgan fingerprint density at radius 2 is 1.22 bits per heavy atom. The van der Waals surface area contributed by atoms with E-state index >= 15 is 0 Å². The second-order valence-electron chi connectivity index (χ2n) is 6.37. The highest BCUT2D eigenvalue weighted by Gasteiger charge is 2.13. The maximum atomic E-state index is 11.1. The maximum absolute atomic E-state index is 11.1. The number of hydrogen-bond acceptors (Lipinski definition) is 4. The van der Waals surface area contributed by atoms with Crippen molar-refractivity contribution in [2.45, 2.75) is 12.8 Å². The van der Waals surface area contributed by atoms with Crippen LogP contribution in [-0.2, 0) is 12.8 Å². The zero-order chi connectivity index (χ0) is 18.6. The van der Waals surface area contributed by atoms with Crippen molar-refractivity contribution in [1.82, 2.24) is 9.97 Å². The summed E-state index contributed by atoms with van der Waals surface area (Å²) in [4.78, 5) is 20.2. The molecule has 5 heteroatoms. The summed E-state index contributed by atoms with van der Waals surface area (Å²) >= 11 is 0. The summed E-state index contributed by atoms with van der Waals surface area (Å²) in [5, 5.41) is 11.1. The molecular weight excluding hydrogens is 338 g/mol. The molecule has 0 aliphatic rings. The van der Waals surface area contributed by atoms with Crippen molar-refractivity contribution >= 4 is 16.7 Å². The van der Waals surface area contributed by atoms with Gasteiger partial charge in [0.25, 0.3) is 5.69 Å². The van der Waals surface area contributed by atoms with Gasteiger partial charge >= 0.3 is 0 Å². The van der Waals surface area contributed by atoms with Gasteiger partial charge in [-0.1, -0.05) is 60.7 Å². The lowest BCUT2D eigenvalue weighted by Gasteiger charge is -2.10. The highest BCUT2D eigenvalue weighted by Crippen LogP contribution is 2.22. The Hall–Kier alpha value is -3.60. The van der Waals surface area contributed by atoms with Crippen LogP contribution in [0.5, 0.6) is 0 Å². The number of rotatable bonds is 5. The second-order valence-corrected chi connectivity index (χ2v) is 6.37. The quantitative estimate of drug-likeness (QED) is 0.384. The van der Waals surface area contributed by atoms with Gasteiger partial charge in [-0.05, 0) is 17.2 Å². The molecule has 0 saturated heterocycles. The van der Waals surface area contributed by atoms with Gasteiger partial charge in [-0.3, -0.25) is 10.1 Å². The molecule has 0 bridgehead atoms. The molecule has 0 N–H and O–H groups in total. The first-order valence-corrected chi connectivity index (χ1v) is 8.71. The van der Waals surface area contributed by atoms with Gasteiger partial charge in [-0.2, -0.15) is 0 Å². The van der Waals surface area contributed by atoms with E-state index in [1.54, 1.807) is 6.07 Å². The van der Waals surface area contributed by atoms with Gasteiger partial charge in [0.05, 0.1) is 27.3 Å². The van der Waals surface area contributed by atoms with E-state index in [2.05, 4.69) is 12.1 Å². The zero-order valence-corrected chi connectivity index (χ0v) is 14.6. The van der Waals surface area contributed by atoms with Crippen molar-refractivity contribution in [2.24, 2.45) is 0 Å².